The van der Waals surface area contributed by atoms with E-state index in [1.165, 1.54) is 0 Å². The van der Waals surface area contributed by atoms with Gasteiger partial charge in [0.15, 0.2) is 12.4 Å². The number of ether oxygens (including phenoxy) is 2. The van der Waals surface area contributed by atoms with Crippen molar-refractivity contribution in [2.75, 3.05) is 0 Å². The number of benzene rings is 2. The molecule has 0 amide bonds. The second-order valence-corrected chi connectivity index (χ2v) is 6.92. The Hall–Kier alpha value is -3.15. The maximum atomic E-state index is 12.9. The Morgan fingerprint density at radius 2 is 1.70 bits per heavy atom. The fourth-order valence-corrected chi connectivity index (χ4v) is 3.18. The van der Waals surface area contributed by atoms with E-state index >= 15 is 0 Å². The minimum Gasteiger partial charge on any atom is -0.457 e. The van der Waals surface area contributed by atoms with Crippen molar-refractivity contribution >= 4 is 5.97 Å². The summed E-state index contributed by atoms with van der Waals surface area (Å²) in [7, 11) is 0. The van der Waals surface area contributed by atoms with E-state index in [0.29, 0.717) is 29.1 Å². The third-order valence-corrected chi connectivity index (χ3v) is 4.35. The van der Waals surface area contributed by atoms with Gasteiger partial charge in [-0.25, -0.2) is 0 Å². The maximum absolute atomic E-state index is 12.9. The predicted octanol–water partition coefficient (Wildman–Crippen LogP) is 4.25. The molecular weight excluding hydrogens is 344 g/mol. The smallest absolute Gasteiger partial charge is 0.318 e. The van der Waals surface area contributed by atoms with Gasteiger partial charge < -0.3 is 14.0 Å². The molecule has 0 spiro atoms. The van der Waals surface area contributed by atoms with Crippen LogP contribution in [0.3, 0.4) is 0 Å². The third-order valence-electron chi connectivity index (χ3n) is 4.35. The molecule has 1 aromatic heterocycles. The zero-order chi connectivity index (χ0) is 18.8. The highest BCUT2D eigenvalue weighted by Gasteiger charge is 2.33. The molecule has 3 aromatic rings. The summed E-state index contributed by atoms with van der Waals surface area (Å²) in [4.78, 5) is 17.2. The maximum Gasteiger partial charge on any atom is 0.318 e. The van der Waals surface area contributed by atoms with Crippen LogP contribution in [-0.2, 0) is 22.6 Å². The number of rotatable bonds is 5. The molecule has 0 saturated heterocycles. The molecule has 4 rings (SSSR count). The summed E-state index contributed by atoms with van der Waals surface area (Å²) in [5.41, 5.74) is 1.57. The number of aromatic nitrogens is 2. The molecule has 0 bridgehead atoms. The van der Waals surface area contributed by atoms with Gasteiger partial charge in [-0.3, -0.25) is 4.79 Å². The number of esters is 1. The summed E-state index contributed by atoms with van der Waals surface area (Å²) < 4.78 is 16.6. The first-order valence-electron chi connectivity index (χ1n) is 8.95. The minimum absolute atomic E-state index is 0.0500. The van der Waals surface area contributed by atoms with Gasteiger partial charge in [-0.15, -0.1) is 0 Å². The van der Waals surface area contributed by atoms with E-state index in [4.69, 9.17) is 14.0 Å². The average Bonchev–Trinajstić information content (AvgIpc) is 3.10. The highest BCUT2D eigenvalue weighted by molar-refractivity contribution is 5.85. The Morgan fingerprint density at radius 3 is 2.33 bits per heavy atom. The van der Waals surface area contributed by atoms with Gasteiger partial charge >= 0.3 is 5.97 Å². The van der Waals surface area contributed by atoms with Crippen molar-refractivity contribution in [1.29, 1.82) is 0 Å². The van der Waals surface area contributed by atoms with Crippen LogP contribution in [0.25, 0.3) is 0 Å². The quantitative estimate of drug-likeness (QED) is 0.630. The van der Waals surface area contributed by atoms with Crippen molar-refractivity contribution in [2.45, 2.75) is 32.8 Å². The lowest BCUT2D eigenvalue weighted by atomic mass is 9.88. The number of para-hydroxylation sites is 2. The molecule has 0 N–H and O–H groups in total. The first kappa shape index (κ1) is 17.3. The van der Waals surface area contributed by atoms with Crippen molar-refractivity contribution in [3.63, 3.8) is 0 Å². The van der Waals surface area contributed by atoms with Crippen LogP contribution in [0.15, 0.2) is 53.1 Å². The molecule has 0 radical (unpaired) electrons. The van der Waals surface area contributed by atoms with Crippen LogP contribution in [0.1, 0.15) is 42.6 Å². The second kappa shape index (κ2) is 7.23. The van der Waals surface area contributed by atoms with E-state index < -0.39 is 5.92 Å². The third kappa shape index (κ3) is 3.56. The van der Waals surface area contributed by atoms with Crippen molar-refractivity contribution < 1.29 is 18.8 Å². The fraction of sp³-hybridized carbons (Fsp3) is 0.286. The summed E-state index contributed by atoms with van der Waals surface area (Å²) in [5.74, 6) is 1.75. The van der Waals surface area contributed by atoms with Crippen molar-refractivity contribution in [3.05, 3.63) is 71.4 Å². The number of carbonyl (C=O) groups is 1. The van der Waals surface area contributed by atoms with Gasteiger partial charge in [0.1, 0.15) is 17.4 Å². The molecule has 1 aliphatic heterocycles. The summed E-state index contributed by atoms with van der Waals surface area (Å²) in [6.07, 6.45) is 0.720. The number of nitrogens with zero attached hydrogens (tertiary/aromatic N) is 2. The Morgan fingerprint density at radius 1 is 1.07 bits per heavy atom. The molecule has 0 saturated carbocycles. The Bertz CT molecular complexity index is 919. The van der Waals surface area contributed by atoms with Gasteiger partial charge in [-0.2, -0.15) is 4.98 Å². The molecule has 138 valence electrons. The summed E-state index contributed by atoms with van der Waals surface area (Å²) in [5, 5.41) is 3.92. The van der Waals surface area contributed by atoms with Crippen LogP contribution in [0, 0.1) is 5.92 Å². The molecule has 0 fully saturated rings. The van der Waals surface area contributed by atoms with E-state index in [1.807, 2.05) is 48.5 Å². The molecule has 2 heterocycles. The highest BCUT2D eigenvalue weighted by atomic mass is 16.6. The number of carbonyl (C=O) groups excluding carboxylic acids is 1. The molecule has 2 aromatic carbocycles. The molecule has 0 unspecified atom stereocenters. The van der Waals surface area contributed by atoms with Gasteiger partial charge in [0.05, 0.1) is 0 Å². The normalized spacial score (nSPS) is 13.0. The fourth-order valence-electron chi connectivity index (χ4n) is 3.18. The van der Waals surface area contributed by atoms with Gasteiger partial charge in [-0.1, -0.05) is 55.4 Å². The van der Waals surface area contributed by atoms with Crippen LogP contribution >= 0.6 is 0 Å². The first-order chi connectivity index (χ1) is 13.1. The number of fused-ring (bicyclic) bond motifs is 2. The monoisotopic (exact) mass is 364 g/mol. The summed E-state index contributed by atoms with van der Waals surface area (Å²) in [6, 6.07) is 15.0. The molecule has 27 heavy (non-hydrogen) atoms. The van der Waals surface area contributed by atoms with Crippen molar-refractivity contribution in [3.8, 4) is 11.5 Å². The zero-order valence-electron chi connectivity index (χ0n) is 15.2. The van der Waals surface area contributed by atoms with E-state index in [2.05, 4.69) is 24.0 Å². The molecule has 6 heteroatoms. The van der Waals surface area contributed by atoms with Crippen LogP contribution in [0.5, 0.6) is 11.5 Å². The lowest BCUT2D eigenvalue weighted by molar-refractivity contribution is -0.146. The molecule has 1 aliphatic rings. The van der Waals surface area contributed by atoms with E-state index in [9.17, 15) is 4.79 Å². The van der Waals surface area contributed by atoms with Crippen molar-refractivity contribution in [2.24, 2.45) is 5.92 Å². The van der Waals surface area contributed by atoms with E-state index in [-0.39, 0.29) is 12.6 Å². The lowest BCUT2D eigenvalue weighted by Gasteiger charge is -2.26. The zero-order valence-corrected chi connectivity index (χ0v) is 15.2. The van der Waals surface area contributed by atoms with E-state index in [1.54, 1.807) is 0 Å². The topological polar surface area (TPSA) is 74.5 Å². The van der Waals surface area contributed by atoms with E-state index in [0.717, 1.165) is 17.5 Å². The largest absolute Gasteiger partial charge is 0.457 e. The van der Waals surface area contributed by atoms with Gasteiger partial charge in [0.2, 0.25) is 0 Å². The van der Waals surface area contributed by atoms with Crippen LogP contribution in [-0.4, -0.2) is 16.1 Å². The standard InChI is InChI=1S/C21H20N2O4/c1-13(2)11-18-22-19(27-23-18)12-25-21(24)20-14-7-3-5-9-16(14)26-17-10-6-4-8-15(17)20/h3-10,13,20H,11-12H2,1-2H3. The van der Waals surface area contributed by atoms with Crippen LogP contribution in [0.4, 0.5) is 0 Å². The SMILES string of the molecule is CC(C)Cc1noc(COC(=O)C2c3ccccc3Oc3ccccc32)n1. The van der Waals surface area contributed by atoms with Crippen LogP contribution in [0.2, 0.25) is 0 Å². The Balaban J connectivity index is 1.54. The molecule has 0 aliphatic carbocycles. The van der Waals surface area contributed by atoms with Gasteiger partial charge in [0.25, 0.3) is 5.89 Å². The average molecular weight is 364 g/mol. The number of hydrogen-bond donors (Lipinski definition) is 0. The predicted molar refractivity (Wildman–Crippen MR) is 97.4 cm³/mol. The molecule has 6 nitrogen and oxygen atoms in total. The minimum atomic E-state index is -0.552. The Labute approximate surface area is 157 Å². The summed E-state index contributed by atoms with van der Waals surface area (Å²) in [6.45, 7) is 4.11. The number of hydrogen-bond acceptors (Lipinski definition) is 6. The Kier molecular flexibility index (Phi) is 4.62. The molecule has 0 atom stereocenters. The lowest BCUT2D eigenvalue weighted by Crippen LogP contribution is -2.21. The highest BCUT2D eigenvalue weighted by Crippen LogP contribution is 2.44. The van der Waals surface area contributed by atoms with Crippen LogP contribution < -0.4 is 4.74 Å². The molecular formula is C21H20N2O4. The van der Waals surface area contributed by atoms with Crippen molar-refractivity contribution in [1.82, 2.24) is 10.1 Å². The van der Waals surface area contributed by atoms with Gasteiger partial charge in [0, 0.05) is 17.5 Å². The first-order valence-corrected chi connectivity index (χ1v) is 8.95. The second-order valence-electron chi connectivity index (χ2n) is 6.92. The van der Waals surface area contributed by atoms with Gasteiger partial charge in [-0.05, 0) is 18.1 Å². The summed E-state index contributed by atoms with van der Waals surface area (Å²) >= 11 is 0.